The van der Waals surface area contributed by atoms with Crippen molar-refractivity contribution in [3.05, 3.63) is 64.7 Å². The van der Waals surface area contributed by atoms with Gasteiger partial charge in [-0.1, -0.05) is 18.2 Å². The zero-order valence-electron chi connectivity index (χ0n) is 13.3. The number of carbonyl (C=O) groups excluding carboxylic acids is 3. The summed E-state index contributed by atoms with van der Waals surface area (Å²) in [5, 5.41) is 11.7. The highest BCUT2D eigenvalue weighted by Gasteiger charge is 2.36. The van der Waals surface area contributed by atoms with Gasteiger partial charge in [-0.2, -0.15) is 0 Å². The number of imide groups is 1. The molecular weight excluding hydrogens is 324 g/mol. The molecule has 2 N–H and O–H groups in total. The molecule has 0 atom stereocenters. The molecule has 1 heterocycles. The van der Waals surface area contributed by atoms with Crippen LogP contribution in [0.15, 0.2) is 42.5 Å². The van der Waals surface area contributed by atoms with Gasteiger partial charge in [0.15, 0.2) is 0 Å². The summed E-state index contributed by atoms with van der Waals surface area (Å²) >= 11 is 0. The van der Waals surface area contributed by atoms with Gasteiger partial charge in [0.05, 0.1) is 16.7 Å². The van der Waals surface area contributed by atoms with E-state index in [4.69, 9.17) is 5.11 Å². The van der Waals surface area contributed by atoms with Gasteiger partial charge in [-0.05, 0) is 36.8 Å². The molecule has 7 heteroatoms. The zero-order chi connectivity index (χ0) is 18.1. The first-order chi connectivity index (χ1) is 11.9. The first-order valence-corrected chi connectivity index (χ1v) is 7.48. The minimum Gasteiger partial charge on any atom is -0.478 e. The van der Waals surface area contributed by atoms with Gasteiger partial charge >= 0.3 is 5.97 Å². The number of carboxylic acid groups (broad SMARTS) is 1. The monoisotopic (exact) mass is 338 g/mol. The van der Waals surface area contributed by atoms with Crippen molar-refractivity contribution in [3.63, 3.8) is 0 Å². The quantitative estimate of drug-likeness (QED) is 0.829. The molecule has 0 radical (unpaired) electrons. The highest BCUT2D eigenvalue weighted by atomic mass is 16.4. The van der Waals surface area contributed by atoms with Crippen LogP contribution in [-0.2, 0) is 4.79 Å². The second-order valence-corrected chi connectivity index (χ2v) is 5.57. The third-order valence-corrected chi connectivity index (χ3v) is 4.02. The van der Waals surface area contributed by atoms with E-state index in [9.17, 15) is 19.2 Å². The van der Waals surface area contributed by atoms with Gasteiger partial charge in [-0.15, -0.1) is 0 Å². The Bertz CT molecular complexity index is 884. The Balaban J connectivity index is 1.77. The number of hydrogen-bond donors (Lipinski definition) is 2. The summed E-state index contributed by atoms with van der Waals surface area (Å²) in [6, 6.07) is 10.9. The molecule has 0 aliphatic carbocycles. The number of amides is 3. The van der Waals surface area contributed by atoms with E-state index in [1.807, 2.05) is 0 Å². The number of nitrogens with zero attached hydrogens (tertiary/aromatic N) is 1. The SMILES string of the molecule is Cc1c(NC(=O)CN2C(=O)c3ccccc3C2=O)cccc1C(=O)O. The summed E-state index contributed by atoms with van der Waals surface area (Å²) in [4.78, 5) is 48.8. The maximum Gasteiger partial charge on any atom is 0.336 e. The van der Waals surface area contributed by atoms with Gasteiger partial charge in [-0.3, -0.25) is 19.3 Å². The fraction of sp³-hybridized carbons (Fsp3) is 0.111. The molecule has 0 spiro atoms. The molecule has 0 saturated carbocycles. The van der Waals surface area contributed by atoms with E-state index in [0.717, 1.165) is 4.90 Å². The molecule has 1 aliphatic rings. The summed E-state index contributed by atoms with van der Waals surface area (Å²) < 4.78 is 0. The topological polar surface area (TPSA) is 104 Å². The fourth-order valence-electron chi connectivity index (χ4n) is 2.72. The van der Waals surface area contributed by atoms with E-state index in [1.165, 1.54) is 24.3 Å². The Morgan fingerprint density at radius 1 is 1.00 bits per heavy atom. The lowest BCUT2D eigenvalue weighted by Crippen LogP contribution is -2.37. The van der Waals surface area contributed by atoms with Crippen molar-refractivity contribution in [2.75, 3.05) is 11.9 Å². The van der Waals surface area contributed by atoms with Gasteiger partial charge in [0.1, 0.15) is 6.54 Å². The number of carbonyl (C=O) groups is 4. The lowest BCUT2D eigenvalue weighted by molar-refractivity contribution is -0.116. The number of nitrogens with one attached hydrogen (secondary N) is 1. The largest absolute Gasteiger partial charge is 0.478 e. The van der Waals surface area contributed by atoms with Gasteiger partial charge in [0.25, 0.3) is 11.8 Å². The van der Waals surface area contributed by atoms with Crippen LogP contribution in [0, 0.1) is 6.92 Å². The van der Waals surface area contributed by atoms with E-state index in [-0.39, 0.29) is 16.7 Å². The van der Waals surface area contributed by atoms with Crippen molar-refractivity contribution in [1.82, 2.24) is 4.90 Å². The molecule has 0 fully saturated rings. The molecule has 2 aromatic carbocycles. The fourth-order valence-corrected chi connectivity index (χ4v) is 2.72. The molecule has 0 aromatic heterocycles. The number of aromatic carboxylic acids is 1. The first-order valence-electron chi connectivity index (χ1n) is 7.48. The molecule has 0 unspecified atom stereocenters. The third kappa shape index (κ3) is 2.87. The predicted molar refractivity (Wildman–Crippen MR) is 88.6 cm³/mol. The van der Waals surface area contributed by atoms with Crippen LogP contribution in [0.3, 0.4) is 0 Å². The van der Waals surface area contributed by atoms with Crippen LogP contribution in [-0.4, -0.2) is 40.2 Å². The normalized spacial score (nSPS) is 12.9. The van der Waals surface area contributed by atoms with Gasteiger partial charge in [0, 0.05) is 5.69 Å². The molecular formula is C18H14N2O5. The summed E-state index contributed by atoms with van der Waals surface area (Å²) in [5.74, 6) is -2.73. The van der Waals surface area contributed by atoms with E-state index < -0.39 is 30.2 Å². The molecule has 0 saturated heterocycles. The molecule has 2 aromatic rings. The molecule has 0 bridgehead atoms. The Morgan fingerprint density at radius 2 is 1.60 bits per heavy atom. The average Bonchev–Trinajstić information content (AvgIpc) is 2.82. The lowest BCUT2D eigenvalue weighted by Gasteiger charge is -2.15. The molecule has 1 aliphatic heterocycles. The Kier molecular flexibility index (Phi) is 4.06. The minimum atomic E-state index is -1.10. The maximum atomic E-state index is 12.3. The number of hydrogen-bond acceptors (Lipinski definition) is 4. The minimum absolute atomic E-state index is 0.0681. The van der Waals surface area contributed by atoms with Crippen LogP contribution < -0.4 is 5.32 Å². The molecule has 126 valence electrons. The number of fused-ring (bicyclic) bond motifs is 1. The van der Waals surface area contributed by atoms with Crippen LogP contribution in [0.5, 0.6) is 0 Å². The van der Waals surface area contributed by atoms with Crippen LogP contribution in [0.4, 0.5) is 5.69 Å². The van der Waals surface area contributed by atoms with E-state index >= 15 is 0 Å². The first kappa shape index (κ1) is 16.4. The van der Waals surface area contributed by atoms with E-state index in [0.29, 0.717) is 11.3 Å². The van der Waals surface area contributed by atoms with Gasteiger partial charge < -0.3 is 10.4 Å². The van der Waals surface area contributed by atoms with Gasteiger partial charge in [0.2, 0.25) is 5.91 Å². The summed E-state index contributed by atoms with van der Waals surface area (Å²) in [6.07, 6.45) is 0. The van der Waals surface area contributed by atoms with Crippen LogP contribution in [0.1, 0.15) is 36.6 Å². The van der Waals surface area contributed by atoms with Crippen molar-refractivity contribution >= 4 is 29.4 Å². The second-order valence-electron chi connectivity index (χ2n) is 5.57. The highest BCUT2D eigenvalue weighted by Crippen LogP contribution is 2.23. The number of rotatable bonds is 4. The van der Waals surface area contributed by atoms with Gasteiger partial charge in [-0.25, -0.2) is 4.79 Å². The summed E-state index contributed by atoms with van der Waals surface area (Å²) in [5.41, 5.74) is 1.32. The third-order valence-electron chi connectivity index (χ3n) is 4.02. The molecule has 25 heavy (non-hydrogen) atoms. The van der Waals surface area contributed by atoms with Crippen molar-refractivity contribution in [2.45, 2.75) is 6.92 Å². The smallest absolute Gasteiger partial charge is 0.336 e. The Labute approximate surface area is 142 Å². The van der Waals surface area contributed by atoms with E-state index in [1.54, 1.807) is 25.1 Å². The Hall–Kier alpha value is -3.48. The van der Waals surface area contributed by atoms with Crippen molar-refractivity contribution < 1.29 is 24.3 Å². The highest BCUT2D eigenvalue weighted by molar-refractivity contribution is 6.22. The summed E-state index contributed by atoms with van der Waals surface area (Å²) in [6.45, 7) is 1.13. The molecule has 3 rings (SSSR count). The van der Waals surface area contributed by atoms with Crippen molar-refractivity contribution in [1.29, 1.82) is 0 Å². The zero-order valence-corrected chi connectivity index (χ0v) is 13.3. The van der Waals surface area contributed by atoms with Crippen molar-refractivity contribution in [2.24, 2.45) is 0 Å². The lowest BCUT2D eigenvalue weighted by atomic mass is 10.1. The summed E-state index contributed by atoms with van der Waals surface area (Å²) in [7, 11) is 0. The number of anilines is 1. The molecule has 7 nitrogen and oxygen atoms in total. The van der Waals surface area contributed by atoms with Crippen LogP contribution in [0.2, 0.25) is 0 Å². The second kappa shape index (κ2) is 6.20. The maximum absolute atomic E-state index is 12.3. The Morgan fingerprint density at radius 3 is 2.16 bits per heavy atom. The number of benzene rings is 2. The van der Waals surface area contributed by atoms with Crippen LogP contribution >= 0.6 is 0 Å². The molecule has 3 amide bonds. The van der Waals surface area contributed by atoms with Crippen LogP contribution in [0.25, 0.3) is 0 Å². The number of carboxylic acids is 1. The average molecular weight is 338 g/mol. The predicted octanol–water partition coefficient (Wildman–Crippen LogP) is 1.93. The van der Waals surface area contributed by atoms with E-state index in [2.05, 4.69) is 5.32 Å². The standard InChI is InChI=1S/C18H14N2O5/c1-10-11(18(24)25)7-4-8-14(10)19-15(21)9-20-16(22)12-5-2-3-6-13(12)17(20)23/h2-8H,9H2,1H3,(H,19,21)(H,24,25). The van der Waals surface area contributed by atoms with Crippen molar-refractivity contribution in [3.8, 4) is 0 Å².